The van der Waals surface area contributed by atoms with E-state index in [1.54, 1.807) is 0 Å². The summed E-state index contributed by atoms with van der Waals surface area (Å²) in [6.45, 7) is 9.56. The maximum Gasteiger partial charge on any atom is 0.0540 e. The molecule has 0 heterocycles. The molecule has 0 N–H and O–H groups in total. The molecular weight excluding hydrogens is 518 g/mol. The smallest absolute Gasteiger partial charge is 0.0540 e. The van der Waals surface area contributed by atoms with Crippen LogP contribution in [-0.2, 0) is 10.8 Å². The molecule has 1 aliphatic carbocycles. The number of hydrogen-bond donors (Lipinski definition) is 0. The molecule has 0 saturated carbocycles. The molecule has 0 atom stereocenters. The number of hydrogen-bond acceptors (Lipinski definition) is 1. The molecule has 1 aliphatic rings. The van der Waals surface area contributed by atoms with Crippen molar-refractivity contribution in [1.82, 2.24) is 0 Å². The normalized spacial score (nSPS) is 14.4. The average molecular weight is 556 g/mol. The molecule has 210 valence electrons. The number of benzene rings is 6. The minimum atomic E-state index is 0.00230. The maximum atomic E-state index is 2.41. The molecule has 0 aliphatic heterocycles. The van der Waals surface area contributed by atoms with Gasteiger partial charge in [-0.25, -0.2) is 0 Å². The topological polar surface area (TPSA) is 3.24 Å². The maximum absolute atomic E-state index is 2.41. The van der Waals surface area contributed by atoms with E-state index in [1.165, 1.54) is 44.5 Å². The minimum absolute atomic E-state index is 0.00230. The molecule has 0 radical (unpaired) electrons. The van der Waals surface area contributed by atoms with Crippen LogP contribution in [0.3, 0.4) is 0 Å². The van der Waals surface area contributed by atoms with Gasteiger partial charge in [0.25, 0.3) is 0 Å². The van der Waals surface area contributed by atoms with Crippen molar-refractivity contribution in [1.29, 1.82) is 0 Å². The average Bonchev–Trinajstić information content (AvgIpc) is 3.05. The SMILES string of the molecule is CC1(C)c2ccccc2-c2cc(-c3cccc(N(c4ccccc4)c4ccccc4-c4ccccc4)c3)ccc2C1(C)C. The van der Waals surface area contributed by atoms with Crippen LogP contribution in [0.4, 0.5) is 17.1 Å². The van der Waals surface area contributed by atoms with Crippen molar-refractivity contribution in [2.45, 2.75) is 38.5 Å². The molecule has 6 aromatic carbocycles. The van der Waals surface area contributed by atoms with Gasteiger partial charge in [0.2, 0.25) is 0 Å². The highest BCUT2D eigenvalue weighted by atomic mass is 15.1. The fourth-order valence-electron chi connectivity index (χ4n) is 6.79. The van der Waals surface area contributed by atoms with Gasteiger partial charge in [-0.3, -0.25) is 0 Å². The van der Waals surface area contributed by atoms with Crippen molar-refractivity contribution in [3.05, 3.63) is 163 Å². The number of nitrogens with zero attached hydrogens (tertiary/aromatic N) is 1. The summed E-state index contributed by atoms with van der Waals surface area (Å²) in [4.78, 5) is 2.38. The van der Waals surface area contributed by atoms with Crippen molar-refractivity contribution in [3.63, 3.8) is 0 Å². The van der Waals surface area contributed by atoms with E-state index in [0.717, 1.165) is 17.1 Å². The number of rotatable bonds is 5. The van der Waals surface area contributed by atoms with Crippen LogP contribution in [0.1, 0.15) is 38.8 Å². The van der Waals surface area contributed by atoms with E-state index < -0.39 is 0 Å². The van der Waals surface area contributed by atoms with Gasteiger partial charge in [-0.1, -0.05) is 143 Å². The molecule has 1 heteroatoms. The largest absolute Gasteiger partial charge is 0.310 e. The van der Waals surface area contributed by atoms with Gasteiger partial charge in [0, 0.05) is 16.9 Å². The van der Waals surface area contributed by atoms with Crippen LogP contribution < -0.4 is 4.90 Å². The van der Waals surface area contributed by atoms with Crippen LogP contribution in [0.2, 0.25) is 0 Å². The Morgan fingerprint density at radius 3 is 1.65 bits per heavy atom. The summed E-state index contributed by atoms with van der Waals surface area (Å²) in [5.74, 6) is 0. The third-order valence-electron chi connectivity index (χ3n) is 9.83. The first-order valence-electron chi connectivity index (χ1n) is 15.2. The molecule has 1 nitrogen and oxygen atoms in total. The van der Waals surface area contributed by atoms with Crippen molar-refractivity contribution >= 4 is 17.1 Å². The lowest BCUT2D eigenvalue weighted by Gasteiger charge is -2.48. The molecule has 0 fully saturated rings. The molecule has 0 unspecified atom stereocenters. The van der Waals surface area contributed by atoms with E-state index in [2.05, 4.69) is 184 Å². The summed E-state index contributed by atoms with van der Waals surface area (Å²) in [6.07, 6.45) is 0. The van der Waals surface area contributed by atoms with Crippen LogP contribution in [0.25, 0.3) is 33.4 Å². The molecule has 0 saturated heterocycles. The van der Waals surface area contributed by atoms with Crippen LogP contribution in [0.5, 0.6) is 0 Å². The first-order valence-corrected chi connectivity index (χ1v) is 15.2. The van der Waals surface area contributed by atoms with Gasteiger partial charge < -0.3 is 4.90 Å². The van der Waals surface area contributed by atoms with Crippen molar-refractivity contribution < 1.29 is 0 Å². The standard InChI is InChI=1S/C42H37N/c1-41(2)38-24-13-11-23-36(38)37-29-32(26-27-39(37)42(41,3)4)31-18-15-21-34(28-31)43(33-19-9-6-10-20-33)40-25-14-12-22-35(40)30-16-7-5-8-17-30/h5-29H,1-4H3. The predicted octanol–water partition coefficient (Wildman–Crippen LogP) is 11.7. The summed E-state index contributed by atoms with van der Waals surface area (Å²) >= 11 is 0. The van der Waals surface area contributed by atoms with Crippen LogP contribution in [0.15, 0.2) is 152 Å². The van der Waals surface area contributed by atoms with Gasteiger partial charge in [0.1, 0.15) is 0 Å². The zero-order valence-electron chi connectivity index (χ0n) is 25.4. The van der Waals surface area contributed by atoms with Crippen molar-refractivity contribution in [2.75, 3.05) is 4.90 Å². The Morgan fingerprint density at radius 1 is 0.372 bits per heavy atom. The monoisotopic (exact) mass is 555 g/mol. The van der Waals surface area contributed by atoms with Gasteiger partial charge in [-0.2, -0.15) is 0 Å². The zero-order chi connectivity index (χ0) is 29.6. The summed E-state index contributed by atoms with van der Waals surface area (Å²) in [7, 11) is 0. The summed E-state index contributed by atoms with van der Waals surface area (Å²) in [6, 6.07) is 55.1. The highest BCUT2D eigenvalue weighted by molar-refractivity contribution is 5.89. The van der Waals surface area contributed by atoms with Crippen molar-refractivity contribution in [2.24, 2.45) is 0 Å². The van der Waals surface area contributed by atoms with E-state index in [0.29, 0.717) is 0 Å². The molecule has 43 heavy (non-hydrogen) atoms. The Bertz CT molecular complexity index is 1910. The molecule has 0 amide bonds. The van der Waals surface area contributed by atoms with E-state index in [4.69, 9.17) is 0 Å². The summed E-state index contributed by atoms with van der Waals surface area (Å²) in [5.41, 5.74) is 13.8. The van der Waals surface area contributed by atoms with Gasteiger partial charge in [-0.15, -0.1) is 0 Å². The Kier molecular flexibility index (Phi) is 6.55. The third-order valence-corrected chi connectivity index (χ3v) is 9.83. The number of para-hydroxylation sites is 2. The lowest BCUT2D eigenvalue weighted by molar-refractivity contribution is 0.299. The second-order valence-corrected chi connectivity index (χ2v) is 12.7. The zero-order valence-corrected chi connectivity index (χ0v) is 25.4. The Hall–Kier alpha value is -4.88. The Labute approximate surface area is 256 Å². The molecule has 0 spiro atoms. The lowest BCUT2D eigenvalue weighted by atomic mass is 9.55. The Morgan fingerprint density at radius 2 is 0.907 bits per heavy atom. The van der Waals surface area contributed by atoms with Crippen molar-refractivity contribution in [3.8, 4) is 33.4 Å². The van der Waals surface area contributed by atoms with Gasteiger partial charge in [0.05, 0.1) is 5.69 Å². The number of anilines is 3. The van der Waals surface area contributed by atoms with Gasteiger partial charge in [-0.05, 0) is 86.2 Å². The molecule has 7 rings (SSSR count). The van der Waals surface area contributed by atoms with Crippen LogP contribution >= 0.6 is 0 Å². The first kappa shape index (κ1) is 27.0. The molecule has 6 aromatic rings. The highest BCUT2D eigenvalue weighted by Gasteiger charge is 2.45. The van der Waals surface area contributed by atoms with Crippen LogP contribution in [-0.4, -0.2) is 0 Å². The van der Waals surface area contributed by atoms with Gasteiger partial charge >= 0.3 is 0 Å². The minimum Gasteiger partial charge on any atom is -0.310 e. The van der Waals surface area contributed by atoms with E-state index >= 15 is 0 Å². The quantitative estimate of drug-likeness (QED) is 0.204. The van der Waals surface area contributed by atoms with E-state index in [9.17, 15) is 0 Å². The molecule has 0 bridgehead atoms. The third kappa shape index (κ3) is 4.48. The fourth-order valence-corrected chi connectivity index (χ4v) is 6.79. The number of fused-ring (bicyclic) bond motifs is 3. The first-order chi connectivity index (χ1) is 20.9. The fraction of sp³-hybridized carbons (Fsp3) is 0.143. The van der Waals surface area contributed by atoms with E-state index in [-0.39, 0.29) is 10.8 Å². The summed E-state index contributed by atoms with van der Waals surface area (Å²) < 4.78 is 0. The Balaban J connectivity index is 1.38. The highest BCUT2D eigenvalue weighted by Crippen LogP contribution is 2.54. The van der Waals surface area contributed by atoms with Gasteiger partial charge in [0.15, 0.2) is 0 Å². The lowest BCUT2D eigenvalue weighted by Crippen LogP contribution is -2.43. The van der Waals surface area contributed by atoms with E-state index in [1.807, 2.05) is 0 Å². The second-order valence-electron chi connectivity index (χ2n) is 12.7. The predicted molar refractivity (Wildman–Crippen MR) is 183 cm³/mol. The second kappa shape index (κ2) is 10.4. The molecular formula is C42H37N. The van der Waals surface area contributed by atoms with Crippen LogP contribution in [0, 0.1) is 0 Å². The summed E-state index contributed by atoms with van der Waals surface area (Å²) in [5, 5.41) is 0. The molecule has 0 aromatic heterocycles.